The maximum atomic E-state index is 11.8. The van der Waals surface area contributed by atoms with E-state index in [2.05, 4.69) is 17.2 Å². The molecule has 0 spiro atoms. The minimum Gasteiger partial charge on any atom is -0.489 e. The third-order valence-corrected chi connectivity index (χ3v) is 8.58. The number of ether oxygens (including phenoxy) is 3. The zero-order chi connectivity index (χ0) is 25.1. The molecule has 1 aromatic carbocycles. The van der Waals surface area contributed by atoms with Crippen LogP contribution in [-0.4, -0.2) is 73.5 Å². The summed E-state index contributed by atoms with van der Waals surface area (Å²) in [7, 11) is -3.19. The second-order valence-corrected chi connectivity index (χ2v) is 12.3. The molecule has 1 saturated carbocycles. The Morgan fingerprint density at radius 2 is 1.81 bits per heavy atom. The van der Waals surface area contributed by atoms with Crippen molar-refractivity contribution >= 4 is 16.0 Å². The van der Waals surface area contributed by atoms with Crippen LogP contribution in [0.15, 0.2) is 30.5 Å². The first-order chi connectivity index (χ1) is 17.3. The van der Waals surface area contributed by atoms with E-state index in [0.29, 0.717) is 56.3 Å². The predicted octanol–water partition coefficient (Wildman–Crippen LogP) is 3.71. The molecule has 196 valence electrons. The quantitative estimate of drug-likeness (QED) is 0.566. The minimum atomic E-state index is -3.19. The Balaban J connectivity index is 1.30. The van der Waals surface area contributed by atoms with Gasteiger partial charge in [-0.3, -0.25) is 0 Å². The first-order valence-electron chi connectivity index (χ1n) is 12.9. The van der Waals surface area contributed by atoms with Crippen LogP contribution in [0.3, 0.4) is 0 Å². The Bertz CT molecular complexity index is 1130. The summed E-state index contributed by atoms with van der Waals surface area (Å²) in [4.78, 5) is 9.38. The molecule has 36 heavy (non-hydrogen) atoms. The summed E-state index contributed by atoms with van der Waals surface area (Å²) in [5.74, 6) is 2.65. The van der Waals surface area contributed by atoms with E-state index in [4.69, 9.17) is 19.2 Å². The van der Waals surface area contributed by atoms with Crippen LogP contribution in [0, 0.1) is 5.92 Å². The van der Waals surface area contributed by atoms with Crippen LogP contribution in [0.2, 0.25) is 0 Å². The molecule has 3 heterocycles. The summed E-state index contributed by atoms with van der Waals surface area (Å²) in [5.41, 5.74) is 1.75. The SMILES string of the molecule is CC1CCC(Nc2ncc(-c3ccc(OC4CCN(S(C)(=O)=O)C4)cc3)c(O[C@@H]3CCOC3)n2)CC1. The Morgan fingerprint density at radius 3 is 2.47 bits per heavy atom. The van der Waals surface area contributed by atoms with Gasteiger partial charge in [0.25, 0.3) is 0 Å². The third-order valence-electron chi connectivity index (χ3n) is 7.31. The van der Waals surface area contributed by atoms with Crippen molar-refractivity contribution in [3.05, 3.63) is 30.5 Å². The number of hydrogen-bond acceptors (Lipinski definition) is 8. The lowest BCUT2D eigenvalue weighted by atomic mass is 9.87. The van der Waals surface area contributed by atoms with Crippen LogP contribution >= 0.6 is 0 Å². The van der Waals surface area contributed by atoms with Gasteiger partial charge in [-0.25, -0.2) is 13.4 Å². The van der Waals surface area contributed by atoms with Crippen LogP contribution in [-0.2, 0) is 14.8 Å². The van der Waals surface area contributed by atoms with Crippen molar-refractivity contribution in [3.63, 3.8) is 0 Å². The molecule has 3 aliphatic rings. The fourth-order valence-electron chi connectivity index (χ4n) is 5.07. The highest BCUT2D eigenvalue weighted by Gasteiger charge is 2.30. The average Bonchev–Trinajstić information content (AvgIpc) is 3.54. The highest BCUT2D eigenvalue weighted by atomic mass is 32.2. The second kappa shape index (κ2) is 10.9. The van der Waals surface area contributed by atoms with Gasteiger partial charge in [0, 0.05) is 25.2 Å². The number of nitrogens with zero attached hydrogens (tertiary/aromatic N) is 3. The van der Waals surface area contributed by atoms with Crippen LogP contribution < -0.4 is 14.8 Å². The maximum absolute atomic E-state index is 11.8. The molecular formula is C26H36N4O5S. The highest BCUT2D eigenvalue weighted by Crippen LogP contribution is 2.33. The molecule has 2 aliphatic heterocycles. The lowest BCUT2D eigenvalue weighted by Gasteiger charge is -2.27. The van der Waals surface area contributed by atoms with E-state index in [1.54, 1.807) is 0 Å². The molecule has 1 aliphatic carbocycles. The first-order valence-corrected chi connectivity index (χ1v) is 14.8. The van der Waals surface area contributed by atoms with Crippen molar-refractivity contribution in [2.45, 2.75) is 63.7 Å². The molecule has 0 amide bonds. The molecule has 5 rings (SSSR count). The Labute approximate surface area is 213 Å². The highest BCUT2D eigenvalue weighted by molar-refractivity contribution is 7.88. The van der Waals surface area contributed by atoms with Gasteiger partial charge in [0.2, 0.25) is 21.9 Å². The zero-order valence-corrected chi connectivity index (χ0v) is 21.9. The molecule has 0 bridgehead atoms. The van der Waals surface area contributed by atoms with Gasteiger partial charge in [0.05, 0.1) is 31.6 Å². The largest absolute Gasteiger partial charge is 0.489 e. The van der Waals surface area contributed by atoms with E-state index in [-0.39, 0.29) is 12.2 Å². The summed E-state index contributed by atoms with van der Waals surface area (Å²) in [6.07, 6.45) is 9.10. The van der Waals surface area contributed by atoms with Crippen molar-refractivity contribution in [1.29, 1.82) is 0 Å². The molecule has 2 atom stereocenters. The zero-order valence-electron chi connectivity index (χ0n) is 21.1. The number of anilines is 1. The van der Waals surface area contributed by atoms with Gasteiger partial charge in [0.1, 0.15) is 18.0 Å². The third kappa shape index (κ3) is 6.27. The lowest BCUT2D eigenvalue weighted by Crippen LogP contribution is -2.29. The summed E-state index contributed by atoms with van der Waals surface area (Å²) in [6, 6.07) is 8.11. The summed E-state index contributed by atoms with van der Waals surface area (Å²) in [5, 5.41) is 3.51. The fourth-order valence-corrected chi connectivity index (χ4v) is 5.95. The van der Waals surface area contributed by atoms with E-state index >= 15 is 0 Å². The maximum Gasteiger partial charge on any atom is 0.226 e. The van der Waals surface area contributed by atoms with Gasteiger partial charge in [-0.05, 0) is 55.7 Å². The number of nitrogens with one attached hydrogen (secondary N) is 1. The fraction of sp³-hybridized carbons (Fsp3) is 0.615. The number of aromatic nitrogens is 2. The molecule has 1 aromatic heterocycles. The number of sulfonamides is 1. The van der Waals surface area contributed by atoms with Gasteiger partial charge >= 0.3 is 0 Å². The summed E-state index contributed by atoms with van der Waals surface area (Å²) in [6.45, 7) is 4.44. The molecule has 10 heteroatoms. The Hall–Kier alpha value is -2.43. The smallest absolute Gasteiger partial charge is 0.226 e. The molecule has 9 nitrogen and oxygen atoms in total. The van der Waals surface area contributed by atoms with E-state index in [0.717, 1.165) is 36.3 Å². The molecular weight excluding hydrogens is 480 g/mol. The van der Waals surface area contributed by atoms with Gasteiger partial charge in [-0.15, -0.1) is 0 Å². The van der Waals surface area contributed by atoms with E-state index in [1.807, 2.05) is 30.5 Å². The van der Waals surface area contributed by atoms with Crippen molar-refractivity contribution in [2.75, 3.05) is 37.9 Å². The Morgan fingerprint density at radius 1 is 1.03 bits per heavy atom. The van der Waals surface area contributed by atoms with Gasteiger partial charge in [-0.1, -0.05) is 19.1 Å². The van der Waals surface area contributed by atoms with Crippen LogP contribution in [0.4, 0.5) is 5.95 Å². The number of hydrogen-bond donors (Lipinski definition) is 1. The monoisotopic (exact) mass is 516 g/mol. The van der Waals surface area contributed by atoms with E-state index in [1.165, 1.54) is 23.4 Å². The first kappa shape index (κ1) is 25.2. The molecule has 3 fully saturated rings. The van der Waals surface area contributed by atoms with Crippen molar-refractivity contribution in [2.24, 2.45) is 5.92 Å². The molecule has 1 unspecified atom stereocenters. The Kier molecular flexibility index (Phi) is 7.64. The number of benzene rings is 1. The second-order valence-electron chi connectivity index (χ2n) is 10.3. The normalized spacial score (nSPS) is 27.2. The summed E-state index contributed by atoms with van der Waals surface area (Å²) >= 11 is 0. The van der Waals surface area contributed by atoms with E-state index < -0.39 is 10.0 Å². The van der Waals surface area contributed by atoms with Crippen molar-refractivity contribution < 1.29 is 22.6 Å². The molecule has 1 N–H and O–H groups in total. The van der Waals surface area contributed by atoms with E-state index in [9.17, 15) is 8.42 Å². The molecule has 2 saturated heterocycles. The number of rotatable bonds is 8. The molecule has 2 aromatic rings. The van der Waals surface area contributed by atoms with Gasteiger partial charge in [-0.2, -0.15) is 9.29 Å². The van der Waals surface area contributed by atoms with Gasteiger partial charge in [0.15, 0.2) is 0 Å². The topological polar surface area (TPSA) is 103 Å². The lowest BCUT2D eigenvalue weighted by molar-refractivity contribution is 0.138. The average molecular weight is 517 g/mol. The van der Waals surface area contributed by atoms with Crippen LogP contribution in [0.1, 0.15) is 45.4 Å². The van der Waals surface area contributed by atoms with Crippen LogP contribution in [0.5, 0.6) is 11.6 Å². The standard InChI is InChI=1S/C26H36N4O5S/c1-18-3-7-20(8-4-18)28-26-27-15-24(25(29-26)35-23-12-14-33-17-23)19-5-9-21(10-6-19)34-22-11-13-30(16-22)36(2,31)32/h5-6,9-10,15,18,20,22-23H,3-4,7-8,11-14,16-17H2,1-2H3,(H,27,28,29)/t18?,20?,22?,23-/m1/s1. The van der Waals surface area contributed by atoms with Gasteiger partial charge < -0.3 is 19.5 Å². The summed E-state index contributed by atoms with van der Waals surface area (Å²) < 4.78 is 42.8. The van der Waals surface area contributed by atoms with Crippen LogP contribution in [0.25, 0.3) is 11.1 Å². The minimum absolute atomic E-state index is 0.0233. The van der Waals surface area contributed by atoms with Crippen molar-refractivity contribution in [1.82, 2.24) is 14.3 Å². The molecule has 0 radical (unpaired) electrons. The predicted molar refractivity (Wildman–Crippen MR) is 138 cm³/mol. The van der Waals surface area contributed by atoms with Crippen molar-refractivity contribution in [3.8, 4) is 22.8 Å².